The molecule has 7 heteroatoms. The van der Waals surface area contributed by atoms with Gasteiger partial charge in [-0.05, 0) is 51.8 Å². The number of fused-ring (bicyclic) bond motifs is 1. The van der Waals surface area contributed by atoms with Crippen LogP contribution in [0.2, 0.25) is 0 Å². The summed E-state index contributed by atoms with van der Waals surface area (Å²) in [5.41, 5.74) is 1.77. The van der Waals surface area contributed by atoms with Gasteiger partial charge in [-0.25, -0.2) is 4.21 Å². The maximum Gasteiger partial charge on any atom is 0.188 e. The largest absolute Gasteiger partial charge is 0.468 e. The van der Waals surface area contributed by atoms with Crippen molar-refractivity contribution >= 4 is 36.1 Å². The van der Waals surface area contributed by atoms with Crippen molar-refractivity contribution in [2.45, 2.75) is 4.90 Å². The van der Waals surface area contributed by atoms with Gasteiger partial charge >= 0.3 is 0 Å². The Morgan fingerprint density at radius 1 is 0.920 bits per heavy atom. The molecule has 1 atom stereocenters. The summed E-state index contributed by atoms with van der Waals surface area (Å²) in [6.07, 6.45) is 0. The minimum atomic E-state index is -1.30. The molecule has 0 aliphatic carbocycles. The highest BCUT2D eigenvalue weighted by atomic mass is 79.9. The second kappa shape index (κ2) is 8.14. The molecule has 1 aliphatic rings. The Morgan fingerprint density at radius 2 is 1.52 bits per heavy atom. The fourth-order valence-electron chi connectivity index (χ4n) is 2.43. The zero-order chi connectivity index (χ0) is 17.8. The molecule has 1 aliphatic heterocycles. The monoisotopic (exact) mass is 424 g/mol. The summed E-state index contributed by atoms with van der Waals surface area (Å²) in [7, 11) is 1.83. The van der Waals surface area contributed by atoms with Crippen LogP contribution in [0, 0.1) is 0 Å². The van der Waals surface area contributed by atoms with Gasteiger partial charge in [-0.3, -0.25) is 0 Å². The molecule has 0 fully saturated rings. The summed E-state index contributed by atoms with van der Waals surface area (Å²) in [5.74, 6) is 1.32. The summed E-state index contributed by atoms with van der Waals surface area (Å²) in [5, 5.41) is 0. The highest BCUT2D eigenvalue weighted by Gasteiger charge is 2.29. The second-order valence-corrected chi connectivity index (χ2v) is 7.37. The first-order valence-electron chi connectivity index (χ1n) is 7.45. The molecule has 0 saturated heterocycles. The SMILES string of the molecule is COCOc1ccc(C2=C(Br)c3ccc(OCOC)cc3S2=O)cc1. The predicted molar refractivity (Wildman–Crippen MR) is 100 cm³/mol. The second-order valence-electron chi connectivity index (χ2n) is 5.20. The fourth-order valence-corrected chi connectivity index (χ4v) is 5.01. The van der Waals surface area contributed by atoms with E-state index in [1.165, 1.54) is 0 Å². The van der Waals surface area contributed by atoms with Gasteiger partial charge in [0, 0.05) is 24.3 Å². The number of halogens is 1. The zero-order valence-corrected chi connectivity index (χ0v) is 16.2. The first-order valence-corrected chi connectivity index (χ1v) is 9.40. The summed E-state index contributed by atoms with van der Waals surface area (Å²) in [4.78, 5) is 1.45. The number of methoxy groups -OCH3 is 2. The Bertz CT molecular complexity index is 817. The quantitative estimate of drug-likeness (QED) is 0.628. The number of hydrogen-bond acceptors (Lipinski definition) is 5. The smallest absolute Gasteiger partial charge is 0.188 e. The van der Waals surface area contributed by atoms with Gasteiger partial charge in [-0.2, -0.15) is 0 Å². The van der Waals surface area contributed by atoms with Crippen LogP contribution in [-0.4, -0.2) is 32.0 Å². The molecule has 1 heterocycles. The van der Waals surface area contributed by atoms with Crippen LogP contribution in [0.4, 0.5) is 0 Å². The van der Waals surface area contributed by atoms with Crippen molar-refractivity contribution in [3.63, 3.8) is 0 Å². The fraction of sp³-hybridized carbons (Fsp3) is 0.222. The van der Waals surface area contributed by atoms with Gasteiger partial charge in [-0.15, -0.1) is 0 Å². The lowest BCUT2D eigenvalue weighted by Crippen LogP contribution is -2.00. The van der Waals surface area contributed by atoms with Gasteiger partial charge in [0.2, 0.25) is 0 Å². The molecule has 0 N–H and O–H groups in total. The van der Waals surface area contributed by atoms with Crippen LogP contribution in [0.1, 0.15) is 11.1 Å². The lowest BCUT2D eigenvalue weighted by molar-refractivity contribution is 0.0508. The van der Waals surface area contributed by atoms with Crippen LogP contribution in [-0.2, 0) is 20.3 Å². The molecule has 5 nitrogen and oxygen atoms in total. The molecule has 2 aromatic carbocycles. The van der Waals surface area contributed by atoms with Crippen molar-refractivity contribution in [2.24, 2.45) is 0 Å². The lowest BCUT2D eigenvalue weighted by atomic mass is 10.1. The Balaban J connectivity index is 1.87. The molecule has 0 bridgehead atoms. The Morgan fingerprint density at radius 3 is 2.16 bits per heavy atom. The van der Waals surface area contributed by atoms with Gasteiger partial charge in [0.1, 0.15) is 11.5 Å². The summed E-state index contributed by atoms with van der Waals surface area (Å²) >= 11 is 3.59. The minimum absolute atomic E-state index is 0.149. The van der Waals surface area contributed by atoms with Crippen LogP contribution < -0.4 is 9.47 Å². The average Bonchev–Trinajstić information content (AvgIpc) is 2.89. The number of hydrogen-bond donors (Lipinski definition) is 0. The average molecular weight is 425 g/mol. The van der Waals surface area contributed by atoms with Crippen LogP contribution in [0.5, 0.6) is 11.5 Å². The van der Waals surface area contributed by atoms with E-state index in [4.69, 9.17) is 18.9 Å². The molecule has 2 aromatic rings. The highest BCUT2D eigenvalue weighted by Crippen LogP contribution is 2.46. The Hall–Kier alpha value is -1.67. The van der Waals surface area contributed by atoms with E-state index >= 15 is 0 Å². The summed E-state index contributed by atoms with van der Waals surface area (Å²) in [6.45, 7) is 0.336. The summed E-state index contributed by atoms with van der Waals surface area (Å²) in [6, 6.07) is 12.9. The van der Waals surface area contributed by atoms with E-state index in [1.54, 1.807) is 20.3 Å². The first-order chi connectivity index (χ1) is 12.2. The summed E-state index contributed by atoms with van der Waals surface area (Å²) < 4.78 is 34.4. The molecule has 0 spiro atoms. The van der Waals surface area contributed by atoms with Gasteiger partial charge in [0.25, 0.3) is 0 Å². The number of benzene rings is 2. The van der Waals surface area contributed by atoms with E-state index < -0.39 is 10.8 Å². The number of rotatable bonds is 7. The molecular weight excluding hydrogens is 408 g/mol. The molecule has 0 saturated carbocycles. The minimum Gasteiger partial charge on any atom is -0.468 e. The topological polar surface area (TPSA) is 54.0 Å². The van der Waals surface area contributed by atoms with Crippen molar-refractivity contribution in [1.82, 2.24) is 0 Å². The van der Waals surface area contributed by atoms with Crippen molar-refractivity contribution < 1.29 is 23.2 Å². The van der Waals surface area contributed by atoms with E-state index in [0.29, 0.717) is 11.5 Å². The van der Waals surface area contributed by atoms with Crippen molar-refractivity contribution in [2.75, 3.05) is 27.8 Å². The molecule has 0 radical (unpaired) electrons. The van der Waals surface area contributed by atoms with Crippen LogP contribution in [0.15, 0.2) is 47.4 Å². The van der Waals surface area contributed by atoms with Crippen molar-refractivity contribution in [3.05, 3.63) is 53.6 Å². The predicted octanol–water partition coefficient (Wildman–Crippen LogP) is 3.99. The van der Waals surface area contributed by atoms with Gasteiger partial charge < -0.3 is 18.9 Å². The zero-order valence-electron chi connectivity index (χ0n) is 13.8. The molecule has 0 aromatic heterocycles. The molecule has 1 unspecified atom stereocenters. The first kappa shape index (κ1) is 18.1. The Labute approximate surface area is 157 Å². The maximum atomic E-state index is 13.0. The van der Waals surface area contributed by atoms with Crippen LogP contribution >= 0.6 is 15.9 Å². The van der Waals surface area contributed by atoms with E-state index in [9.17, 15) is 4.21 Å². The normalized spacial score (nSPS) is 16.0. The van der Waals surface area contributed by atoms with Gasteiger partial charge in [0.15, 0.2) is 13.6 Å². The van der Waals surface area contributed by atoms with Crippen molar-refractivity contribution in [3.8, 4) is 11.5 Å². The van der Waals surface area contributed by atoms with E-state index in [1.807, 2.05) is 36.4 Å². The van der Waals surface area contributed by atoms with Crippen molar-refractivity contribution in [1.29, 1.82) is 0 Å². The third-order valence-electron chi connectivity index (χ3n) is 3.58. The van der Waals surface area contributed by atoms with E-state index in [0.717, 1.165) is 25.4 Å². The maximum absolute atomic E-state index is 13.0. The van der Waals surface area contributed by atoms with Crippen LogP contribution in [0.3, 0.4) is 0 Å². The molecule has 25 heavy (non-hydrogen) atoms. The highest BCUT2D eigenvalue weighted by molar-refractivity contribution is 9.15. The molecular formula is C18H17BrO5S. The lowest BCUT2D eigenvalue weighted by Gasteiger charge is -2.07. The van der Waals surface area contributed by atoms with E-state index in [-0.39, 0.29) is 13.6 Å². The standard InChI is InChI=1S/C18H17BrO5S/c1-21-10-23-13-5-3-12(4-6-13)18-17(19)15-8-7-14(24-11-22-2)9-16(15)25(18)20/h3-9H,10-11H2,1-2H3. The molecule has 0 amide bonds. The van der Waals surface area contributed by atoms with Crippen LogP contribution in [0.25, 0.3) is 9.39 Å². The number of ether oxygens (including phenoxy) is 4. The van der Waals surface area contributed by atoms with Gasteiger partial charge in [0.05, 0.1) is 20.6 Å². The van der Waals surface area contributed by atoms with Gasteiger partial charge in [-0.1, -0.05) is 12.1 Å². The molecule has 3 rings (SSSR count). The molecule has 132 valence electrons. The third kappa shape index (κ3) is 3.79. The Kier molecular flexibility index (Phi) is 5.90. The van der Waals surface area contributed by atoms with E-state index in [2.05, 4.69) is 15.9 Å². The third-order valence-corrected chi connectivity index (χ3v) is 6.21.